The Morgan fingerprint density at radius 3 is 2.11 bits per heavy atom. The summed E-state index contributed by atoms with van der Waals surface area (Å²) >= 11 is 0. The molecule has 0 saturated carbocycles. The third kappa shape index (κ3) is 6.85. The van der Waals surface area contributed by atoms with Crippen molar-refractivity contribution in [2.24, 2.45) is 0 Å². The monoisotopic (exact) mass is 380 g/mol. The highest BCUT2D eigenvalue weighted by Crippen LogP contribution is 2.23. The number of hydrogen-bond acceptors (Lipinski definition) is 5. The van der Waals surface area contributed by atoms with Gasteiger partial charge in [-0.2, -0.15) is 0 Å². The second kappa shape index (κ2) is 8.88. The normalized spacial score (nSPS) is 11.3. The van der Waals surface area contributed by atoms with Crippen LogP contribution in [-0.2, 0) is 9.53 Å². The van der Waals surface area contributed by atoms with Gasteiger partial charge >= 0.3 is 12.3 Å². The van der Waals surface area contributed by atoms with Gasteiger partial charge in [0.2, 0.25) is 0 Å². The topological polar surface area (TPSA) is 61.8 Å². The minimum atomic E-state index is -4.77. The van der Waals surface area contributed by atoms with Crippen LogP contribution in [0.25, 0.3) is 6.08 Å². The van der Waals surface area contributed by atoms with Gasteiger partial charge in [-0.25, -0.2) is 4.79 Å². The van der Waals surface area contributed by atoms with Crippen LogP contribution in [-0.4, -0.2) is 31.8 Å². The Labute approximate surface area is 153 Å². The molecule has 0 N–H and O–H groups in total. The molecule has 0 aliphatic carbocycles. The van der Waals surface area contributed by atoms with Crippen molar-refractivity contribution in [1.29, 1.82) is 0 Å². The number of halogens is 3. The number of ether oxygens (including phenoxy) is 3. The largest absolute Gasteiger partial charge is 0.573 e. The fraction of sp³-hybridized carbons (Fsp3) is 0.158. The van der Waals surface area contributed by atoms with Gasteiger partial charge in [0.05, 0.1) is 7.11 Å². The Hall–Kier alpha value is -3.29. The van der Waals surface area contributed by atoms with E-state index in [1.807, 2.05) is 0 Å². The van der Waals surface area contributed by atoms with Crippen LogP contribution in [0.2, 0.25) is 0 Å². The highest BCUT2D eigenvalue weighted by Gasteiger charge is 2.30. The van der Waals surface area contributed by atoms with Gasteiger partial charge in [0.15, 0.2) is 12.4 Å². The molecular formula is C19H15F3O5. The van der Waals surface area contributed by atoms with E-state index in [0.717, 1.165) is 18.2 Å². The van der Waals surface area contributed by atoms with Gasteiger partial charge in [0.25, 0.3) is 0 Å². The minimum Gasteiger partial charge on any atom is -0.497 e. The van der Waals surface area contributed by atoms with Crippen LogP contribution in [0.5, 0.6) is 11.5 Å². The number of methoxy groups -OCH3 is 1. The Morgan fingerprint density at radius 1 is 0.963 bits per heavy atom. The van der Waals surface area contributed by atoms with Crippen molar-refractivity contribution in [3.8, 4) is 11.5 Å². The molecular weight excluding hydrogens is 365 g/mol. The lowest BCUT2D eigenvalue weighted by Gasteiger charge is -2.08. The average Bonchev–Trinajstić information content (AvgIpc) is 2.64. The molecule has 2 aromatic carbocycles. The maximum absolute atomic E-state index is 12.1. The fourth-order valence-electron chi connectivity index (χ4n) is 1.99. The summed E-state index contributed by atoms with van der Waals surface area (Å²) in [5.41, 5.74) is 0.829. The van der Waals surface area contributed by atoms with Crippen LogP contribution < -0.4 is 9.47 Å². The van der Waals surface area contributed by atoms with E-state index in [2.05, 4.69) is 4.74 Å². The lowest BCUT2D eigenvalue weighted by Crippen LogP contribution is -2.16. The lowest BCUT2D eigenvalue weighted by atomic mass is 10.1. The predicted molar refractivity (Wildman–Crippen MR) is 90.4 cm³/mol. The molecule has 0 fully saturated rings. The number of carbonyl (C=O) groups excluding carboxylic acids is 2. The van der Waals surface area contributed by atoms with Gasteiger partial charge < -0.3 is 14.2 Å². The van der Waals surface area contributed by atoms with Gasteiger partial charge in [-0.1, -0.05) is 12.1 Å². The summed E-state index contributed by atoms with van der Waals surface area (Å²) in [6, 6.07) is 11.2. The Morgan fingerprint density at radius 2 is 1.56 bits per heavy atom. The van der Waals surface area contributed by atoms with Gasteiger partial charge in [-0.05, 0) is 48.0 Å². The number of hydrogen-bond donors (Lipinski definition) is 0. The predicted octanol–water partition coefficient (Wildman–Crippen LogP) is 4.03. The maximum Gasteiger partial charge on any atom is 0.573 e. The Kier molecular flexibility index (Phi) is 6.59. The van der Waals surface area contributed by atoms with Crippen LogP contribution >= 0.6 is 0 Å². The van der Waals surface area contributed by atoms with E-state index in [9.17, 15) is 22.8 Å². The molecule has 0 heterocycles. The molecule has 0 spiro atoms. The van der Waals surface area contributed by atoms with Crippen LogP contribution in [0.1, 0.15) is 15.9 Å². The number of Topliss-reactive ketones (excluding diaryl/α,β-unsaturated/α-hetero) is 1. The molecule has 0 aromatic heterocycles. The summed E-state index contributed by atoms with van der Waals surface area (Å²) in [5, 5.41) is 0. The molecule has 2 rings (SSSR count). The number of benzene rings is 2. The third-order valence-corrected chi connectivity index (χ3v) is 3.28. The molecule has 0 atom stereocenters. The molecule has 0 aliphatic rings. The SMILES string of the molecule is COc1ccc(C(=O)COC(=O)/C=C/c2ccc(OC(F)(F)F)cc2)cc1. The van der Waals surface area contributed by atoms with Crippen LogP contribution in [0.3, 0.4) is 0 Å². The lowest BCUT2D eigenvalue weighted by molar-refractivity contribution is -0.274. The Bertz CT molecular complexity index is 809. The van der Waals surface area contributed by atoms with Crippen molar-refractivity contribution in [3.05, 3.63) is 65.7 Å². The quantitative estimate of drug-likeness (QED) is 0.412. The first-order chi connectivity index (χ1) is 12.8. The van der Waals surface area contributed by atoms with Crippen molar-refractivity contribution in [1.82, 2.24) is 0 Å². The van der Waals surface area contributed by atoms with Crippen molar-refractivity contribution in [2.75, 3.05) is 13.7 Å². The first kappa shape index (κ1) is 20.0. The zero-order valence-electron chi connectivity index (χ0n) is 14.2. The summed E-state index contributed by atoms with van der Waals surface area (Å²) < 4.78 is 49.8. The van der Waals surface area contributed by atoms with E-state index in [4.69, 9.17) is 9.47 Å². The van der Waals surface area contributed by atoms with E-state index in [1.165, 1.54) is 25.3 Å². The smallest absolute Gasteiger partial charge is 0.497 e. The standard InChI is InChI=1S/C19H15F3O5/c1-25-15-9-5-14(6-10-15)17(23)12-26-18(24)11-4-13-2-7-16(8-3-13)27-19(20,21)22/h2-11H,12H2,1H3/b11-4+. The zero-order valence-corrected chi connectivity index (χ0v) is 14.2. The fourth-order valence-corrected chi connectivity index (χ4v) is 1.99. The molecule has 27 heavy (non-hydrogen) atoms. The molecule has 0 bridgehead atoms. The van der Waals surface area contributed by atoms with Gasteiger partial charge in [0.1, 0.15) is 11.5 Å². The molecule has 5 nitrogen and oxygen atoms in total. The van der Waals surface area contributed by atoms with Crippen molar-refractivity contribution in [2.45, 2.75) is 6.36 Å². The molecule has 8 heteroatoms. The van der Waals surface area contributed by atoms with Crippen molar-refractivity contribution < 1.29 is 37.0 Å². The molecule has 0 radical (unpaired) electrons. The van der Waals surface area contributed by atoms with Gasteiger partial charge in [-0.15, -0.1) is 13.2 Å². The van der Waals surface area contributed by atoms with E-state index >= 15 is 0 Å². The second-order valence-electron chi connectivity index (χ2n) is 5.21. The minimum absolute atomic E-state index is 0.368. The summed E-state index contributed by atoms with van der Waals surface area (Å²) in [7, 11) is 1.50. The first-order valence-electron chi connectivity index (χ1n) is 7.65. The van der Waals surface area contributed by atoms with E-state index in [-0.39, 0.29) is 11.5 Å². The molecule has 2 aromatic rings. The number of alkyl halides is 3. The van der Waals surface area contributed by atoms with Crippen molar-refractivity contribution in [3.63, 3.8) is 0 Å². The first-order valence-corrected chi connectivity index (χ1v) is 7.65. The maximum atomic E-state index is 12.1. The molecule has 0 saturated heterocycles. The van der Waals surface area contributed by atoms with E-state index in [0.29, 0.717) is 16.9 Å². The molecule has 0 unspecified atom stereocenters. The van der Waals surface area contributed by atoms with Gasteiger partial charge in [-0.3, -0.25) is 4.79 Å². The number of rotatable bonds is 7. The van der Waals surface area contributed by atoms with E-state index < -0.39 is 18.9 Å². The van der Waals surface area contributed by atoms with Gasteiger partial charge in [0, 0.05) is 11.6 Å². The van der Waals surface area contributed by atoms with Crippen LogP contribution in [0.15, 0.2) is 54.6 Å². The highest BCUT2D eigenvalue weighted by molar-refractivity contribution is 5.99. The average molecular weight is 380 g/mol. The summed E-state index contributed by atoms with van der Waals surface area (Å²) in [6.07, 6.45) is -2.35. The number of ketones is 1. The highest BCUT2D eigenvalue weighted by atomic mass is 19.4. The summed E-state index contributed by atoms with van der Waals surface area (Å²) in [5.74, 6) is -0.911. The molecule has 142 valence electrons. The molecule has 0 amide bonds. The summed E-state index contributed by atoms with van der Waals surface area (Å²) in [4.78, 5) is 23.6. The third-order valence-electron chi connectivity index (χ3n) is 3.28. The van der Waals surface area contributed by atoms with Crippen LogP contribution in [0.4, 0.5) is 13.2 Å². The van der Waals surface area contributed by atoms with Crippen LogP contribution in [0, 0.1) is 0 Å². The molecule has 0 aliphatic heterocycles. The number of esters is 1. The number of carbonyl (C=O) groups is 2. The van der Waals surface area contributed by atoms with E-state index in [1.54, 1.807) is 24.3 Å². The zero-order chi connectivity index (χ0) is 19.9. The van der Waals surface area contributed by atoms with Crippen molar-refractivity contribution >= 4 is 17.8 Å². The summed E-state index contributed by atoms with van der Waals surface area (Å²) in [6.45, 7) is -0.437. The second-order valence-corrected chi connectivity index (χ2v) is 5.21. The Balaban J connectivity index is 1.84.